The standard InChI is InChI=1S/C28H29N3O3/c32-26(22-12-6-2-7-13-22)29-24-16-18-31(19-17-24)28(34)25(20-21-10-4-1-5-11-21)30-27(33)23-14-8-3-9-15-23/h1-15,24-25H,16-20H2,(H,29,32)(H,30,33)/t25-/m0/s1. The second-order valence-corrected chi connectivity index (χ2v) is 8.52. The van der Waals surface area contributed by atoms with Crippen molar-refractivity contribution >= 4 is 17.7 Å². The maximum atomic E-state index is 13.4. The summed E-state index contributed by atoms with van der Waals surface area (Å²) in [4.78, 5) is 40.5. The highest BCUT2D eigenvalue weighted by Crippen LogP contribution is 2.15. The number of hydrogen-bond donors (Lipinski definition) is 2. The summed E-state index contributed by atoms with van der Waals surface area (Å²) in [5, 5.41) is 6.01. The molecule has 0 bridgehead atoms. The lowest BCUT2D eigenvalue weighted by molar-refractivity contribution is -0.134. The Morgan fingerprint density at radius 1 is 0.735 bits per heavy atom. The maximum absolute atomic E-state index is 13.4. The minimum absolute atomic E-state index is 0.0169. The number of nitrogens with one attached hydrogen (secondary N) is 2. The molecule has 1 heterocycles. The van der Waals surface area contributed by atoms with Gasteiger partial charge in [-0.2, -0.15) is 0 Å². The Morgan fingerprint density at radius 2 is 1.24 bits per heavy atom. The van der Waals surface area contributed by atoms with Crippen molar-refractivity contribution in [2.24, 2.45) is 0 Å². The summed E-state index contributed by atoms with van der Waals surface area (Å²) < 4.78 is 0. The molecule has 0 saturated carbocycles. The molecule has 0 unspecified atom stereocenters. The highest BCUT2D eigenvalue weighted by molar-refractivity contribution is 5.97. The summed E-state index contributed by atoms with van der Waals surface area (Å²) in [6, 6.07) is 27.1. The van der Waals surface area contributed by atoms with Crippen LogP contribution in [0, 0.1) is 0 Å². The van der Waals surface area contributed by atoms with Crippen LogP contribution in [-0.2, 0) is 11.2 Å². The molecule has 6 heteroatoms. The molecule has 0 spiro atoms. The molecule has 2 N–H and O–H groups in total. The van der Waals surface area contributed by atoms with E-state index in [1.807, 2.05) is 54.6 Å². The van der Waals surface area contributed by atoms with Crippen LogP contribution in [0.5, 0.6) is 0 Å². The molecular weight excluding hydrogens is 426 g/mol. The largest absolute Gasteiger partial charge is 0.349 e. The molecule has 0 aromatic heterocycles. The van der Waals surface area contributed by atoms with Crippen LogP contribution in [0.15, 0.2) is 91.0 Å². The fraction of sp³-hybridized carbons (Fsp3) is 0.250. The third-order valence-corrected chi connectivity index (χ3v) is 6.10. The van der Waals surface area contributed by atoms with Gasteiger partial charge in [0.1, 0.15) is 6.04 Å². The van der Waals surface area contributed by atoms with Crippen LogP contribution < -0.4 is 10.6 Å². The van der Waals surface area contributed by atoms with E-state index in [-0.39, 0.29) is 23.8 Å². The maximum Gasteiger partial charge on any atom is 0.251 e. The van der Waals surface area contributed by atoms with Gasteiger partial charge in [-0.05, 0) is 42.7 Å². The first-order valence-electron chi connectivity index (χ1n) is 11.6. The third-order valence-electron chi connectivity index (χ3n) is 6.10. The van der Waals surface area contributed by atoms with Crippen LogP contribution in [0.25, 0.3) is 0 Å². The summed E-state index contributed by atoms with van der Waals surface area (Å²) in [7, 11) is 0. The molecule has 0 radical (unpaired) electrons. The lowest BCUT2D eigenvalue weighted by Crippen LogP contribution is -2.53. The Morgan fingerprint density at radius 3 is 1.79 bits per heavy atom. The number of likely N-dealkylation sites (tertiary alicyclic amines) is 1. The minimum atomic E-state index is -0.662. The molecule has 1 fully saturated rings. The monoisotopic (exact) mass is 455 g/mol. The van der Waals surface area contributed by atoms with Gasteiger partial charge in [0.05, 0.1) is 0 Å². The molecule has 3 aromatic carbocycles. The number of hydrogen-bond acceptors (Lipinski definition) is 3. The van der Waals surface area contributed by atoms with E-state index in [0.29, 0.717) is 43.5 Å². The van der Waals surface area contributed by atoms with Crippen molar-refractivity contribution in [2.45, 2.75) is 31.3 Å². The van der Waals surface area contributed by atoms with Gasteiger partial charge in [-0.15, -0.1) is 0 Å². The van der Waals surface area contributed by atoms with Gasteiger partial charge >= 0.3 is 0 Å². The number of piperidine rings is 1. The summed E-state index contributed by atoms with van der Waals surface area (Å²) in [5.74, 6) is -0.455. The molecule has 1 saturated heterocycles. The zero-order valence-corrected chi connectivity index (χ0v) is 19.0. The van der Waals surface area contributed by atoms with E-state index < -0.39 is 6.04 Å². The number of carbonyl (C=O) groups excluding carboxylic acids is 3. The predicted octanol–water partition coefficient (Wildman–Crippen LogP) is 3.45. The molecule has 1 aliphatic rings. The Labute approximate surface area is 200 Å². The second-order valence-electron chi connectivity index (χ2n) is 8.52. The fourth-order valence-electron chi connectivity index (χ4n) is 4.20. The van der Waals surface area contributed by atoms with Gasteiger partial charge in [-0.1, -0.05) is 66.7 Å². The van der Waals surface area contributed by atoms with Crippen molar-refractivity contribution in [1.82, 2.24) is 15.5 Å². The smallest absolute Gasteiger partial charge is 0.251 e. The van der Waals surface area contributed by atoms with Gasteiger partial charge < -0.3 is 15.5 Å². The van der Waals surface area contributed by atoms with Crippen LogP contribution in [0.3, 0.4) is 0 Å². The molecule has 1 aliphatic heterocycles. The average Bonchev–Trinajstić information content (AvgIpc) is 2.90. The molecule has 4 rings (SSSR count). The Balaban J connectivity index is 1.39. The number of carbonyl (C=O) groups is 3. The van der Waals surface area contributed by atoms with Crippen LogP contribution in [0.4, 0.5) is 0 Å². The van der Waals surface area contributed by atoms with Crippen molar-refractivity contribution < 1.29 is 14.4 Å². The van der Waals surface area contributed by atoms with Gasteiger partial charge in [0.2, 0.25) is 5.91 Å². The molecule has 6 nitrogen and oxygen atoms in total. The number of amides is 3. The topological polar surface area (TPSA) is 78.5 Å². The van der Waals surface area contributed by atoms with Gasteiger partial charge in [-0.25, -0.2) is 0 Å². The van der Waals surface area contributed by atoms with Crippen LogP contribution >= 0.6 is 0 Å². The average molecular weight is 456 g/mol. The summed E-state index contributed by atoms with van der Waals surface area (Å²) >= 11 is 0. The Hall–Kier alpha value is -3.93. The molecule has 174 valence electrons. The predicted molar refractivity (Wildman–Crippen MR) is 131 cm³/mol. The zero-order chi connectivity index (χ0) is 23.8. The van der Waals surface area contributed by atoms with E-state index in [9.17, 15) is 14.4 Å². The van der Waals surface area contributed by atoms with Gasteiger partial charge in [0, 0.05) is 36.7 Å². The zero-order valence-electron chi connectivity index (χ0n) is 19.0. The molecule has 3 amide bonds. The summed E-state index contributed by atoms with van der Waals surface area (Å²) in [5.41, 5.74) is 2.14. The first-order chi connectivity index (χ1) is 16.6. The first-order valence-corrected chi connectivity index (χ1v) is 11.6. The van der Waals surface area contributed by atoms with Crippen LogP contribution in [-0.4, -0.2) is 47.8 Å². The number of benzene rings is 3. The SMILES string of the molecule is O=C(NC1CCN(C(=O)[C@H](Cc2ccccc2)NC(=O)c2ccccc2)CC1)c1ccccc1. The molecule has 34 heavy (non-hydrogen) atoms. The van der Waals surface area contributed by atoms with Gasteiger partial charge in [0.25, 0.3) is 11.8 Å². The van der Waals surface area contributed by atoms with Crippen molar-refractivity contribution in [1.29, 1.82) is 0 Å². The van der Waals surface area contributed by atoms with Crippen molar-refractivity contribution in [3.05, 3.63) is 108 Å². The van der Waals surface area contributed by atoms with Crippen molar-refractivity contribution in [3.8, 4) is 0 Å². The molecule has 0 aliphatic carbocycles. The number of nitrogens with zero attached hydrogens (tertiary/aromatic N) is 1. The fourth-order valence-corrected chi connectivity index (χ4v) is 4.20. The molecule has 3 aromatic rings. The molecular formula is C28H29N3O3. The second kappa shape index (κ2) is 11.3. The lowest BCUT2D eigenvalue weighted by atomic mass is 10.0. The van der Waals surface area contributed by atoms with Gasteiger partial charge in [-0.3, -0.25) is 14.4 Å². The quantitative estimate of drug-likeness (QED) is 0.573. The summed E-state index contributed by atoms with van der Waals surface area (Å²) in [6.45, 7) is 1.07. The van der Waals surface area contributed by atoms with Crippen LogP contribution in [0.1, 0.15) is 39.1 Å². The Kier molecular flexibility index (Phi) is 7.71. The van der Waals surface area contributed by atoms with Crippen LogP contribution in [0.2, 0.25) is 0 Å². The van der Waals surface area contributed by atoms with Gasteiger partial charge in [0.15, 0.2) is 0 Å². The third kappa shape index (κ3) is 6.10. The van der Waals surface area contributed by atoms with Crippen molar-refractivity contribution in [2.75, 3.05) is 13.1 Å². The van der Waals surface area contributed by atoms with E-state index in [2.05, 4.69) is 10.6 Å². The van der Waals surface area contributed by atoms with E-state index in [4.69, 9.17) is 0 Å². The van der Waals surface area contributed by atoms with E-state index in [1.54, 1.807) is 41.3 Å². The van der Waals surface area contributed by atoms with E-state index in [1.165, 1.54) is 0 Å². The lowest BCUT2D eigenvalue weighted by Gasteiger charge is -2.34. The highest BCUT2D eigenvalue weighted by atomic mass is 16.2. The first kappa shape index (κ1) is 23.2. The normalized spacial score (nSPS) is 14.8. The molecule has 1 atom stereocenters. The van der Waals surface area contributed by atoms with E-state index >= 15 is 0 Å². The Bertz CT molecular complexity index is 1100. The van der Waals surface area contributed by atoms with Crippen molar-refractivity contribution in [3.63, 3.8) is 0 Å². The number of rotatable bonds is 7. The summed E-state index contributed by atoms with van der Waals surface area (Å²) in [6.07, 6.45) is 1.77. The minimum Gasteiger partial charge on any atom is -0.349 e. The highest BCUT2D eigenvalue weighted by Gasteiger charge is 2.30. The van der Waals surface area contributed by atoms with E-state index in [0.717, 1.165) is 5.56 Å².